The van der Waals surface area contributed by atoms with Gasteiger partial charge in [0.2, 0.25) is 0 Å². The Morgan fingerprint density at radius 1 is 1.61 bits per heavy atom. The van der Waals surface area contributed by atoms with Gasteiger partial charge in [-0.15, -0.1) is 0 Å². The summed E-state index contributed by atoms with van der Waals surface area (Å²) in [4.78, 5) is 11.8. The van der Waals surface area contributed by atoms with Gasteiger partial charge < -0.3 is 10.1 Å². The topological polar surface area (TPSA) is 56.1 Å². The van der Waals surface area contributed by atoms with Crippen molar-refractivity contribution in [3.63, 3.8) is 0 Å². The van der Waals surface area contributed by atoms with E-state index >= 15 is 0 Å². The summed E-state index contributed by atoms with van der Waals surface area (Å²) >= 11 is 6.00. The standard InChI is InChI=1S/C12H18ClN3O2/c1-3-4-5-6-14-10-9-15-16(7-8-18-2)12(17)11(10)13/h3-4,9,14H,5-8H2,1-2H3/b4-3+. The van der Waals surface area contributed by atoms with Gasteiger partial charge in [-0.1, -0.05) is 23.8 Å². The summed E-state index contributed by atoms with van der Waals surface area (Å²) in [6, 6.07) is 0. The van der Waals surface area contributed by atoms with E-state index in [0.29, 0.717) is 25.4 Å². The van der Waals surface area contributed by atoms with Gasteiger partial charge in [0.15, 0.2) is 0 Å². The van der Waals surface area contributed by atoms with Crippen LogP contribution in [0.3, 0.4) is 0 Å². The van der Waals surface area contributed by atoms with E-state index in [4.69, 9.17) is 16.3 Å². The highest BCUT2D eigenvalue weighted by Gasteiger charge is 2.08. The number of anilines is 1. The number of allylic oxidation sites excluding steroid dienone is 1. The van der Waals surface area contributed by atoms with E-state index in [0.717, 1.165) is 6.42 Å². The first kappa shape index (κ1) is 14.7. The quantitative estimate of drug-likeness (QED) is 0.608. The molecule has 1 aromatic rings. The zero-order valence-corrected chi connectivity index (χ0v) is 11.4. The van der Waals surface area contributed by atoms with Crippen LogP contribution in [0.15, 0.2) is 23.1 Å². The van der Waals surface area contributed by atoms with Crippen molar-refractivity contribution in [1.82, 2.24) is 9.78 Å². The maximum atomic E-state index is 11.8. The van der Waals surface area contributed by atoms with Crippen molar-refractivity contribution in [3.05, 3.63) is 33.7 Å². The summed E-state index contributed by atoms with van der Waals surface area (Å²) in [6.07, 6.45) is 6.45. The molecule has 1 aromatic heterocycles. The van der Waals surface area contributed by atoms with Crippen LogP contribution in [-0.2, 0) is 11.3 Å². The molecule has 1 N–H and O–H groups in total. The minimum atomic E-state index is -0.301. The van der Waals surface area contributed by atoms with Crippen molar-refractivity contribution in [2.45, 2.75) is 19.9 Å². The number of rotatable bonds is 7. The van der Waals surface area contributed by atoms with Crippen molar-refractivity contribution in [3.8, 4) is 0 Å². The fourth-order valence-corrected chi connectivity index (χ4v) is 1.60. The SMILES string of the molecule is C/C=C/CCNc1cnn(CCOC)c(=O)c1Cl. The van der Waals surface area contributed by atoms with Gasteiger partial charge in [0.05, 0.1) is 25.0 Å². The number of methoxy groups -OCH3 is 1. The number of hydrogen-bond acceptors (Lipinski definition) is 4. The molecule has 1 rings (SSSR count). The smallest absolute Gasteiger partial charge is 0.287 e. The van der Waals surface area contributed by atoms with Crippen LogP contribution < -0.4 is 10.9 Å². The maximum Gasteiger partial charge on any atom is 0.287 e. The molecule has 0 spiro atoms. The molecule has 18 heavy (non-hydrogen) atoms. The van der Waals surface area contributed by atoms with Gasteiger partial charge in [0.25, 0.3) is 5.56 Å². The molecule has 0 bridgehead atoms. The first-order valence-electron chi connectivity index (χ1n) is 5.80. The molecule has 5 nitrogen and oxygen atoms in total. The van der Waals surface area contributed by atoms with Gasteiger partial charge in [-0.3, -0.25) is 4.79 Å². The Bertz CT molecular complexity index is 457. The number of halogens is 1. The molecule has 0 radical (unpaired) electrons. The van der Waals surface area contributed by atoms with Crippen molar-refractivity contribution in [2.24, 2.45) is 0 Å². The lowest BCUT2D eigenvalue weighted by atomic mass is 10.3. The van der Waals surface area contributed by atoms with Crippen molar-refractivity contribution in [2.75, 3.05) is 25.6 Å². The summed E-state index contributed by atoms with van der Waals surface area (Å²) in [7, 11) is 1.57. The molecule has 0 aliphatic rings. The van der Waals surface area contributed by atoms with Crippen LogP contribution in [0, 0.1) is 0 Å². The Balaban J connectivity index is 2.71. The average Bonchev–Trinajstić information content (AvgIpc) is 2.38. The van der Waals surface area contributed by atoms with Crippen molar-refractivity contribution in [1.29, 1.82) is 0 Å². The van der Waals surface area contributed by atoms with Crippen LogP contribution in [0.5, 0.6) is 0 Å². The Kier molecular flexibility index (Phi) is 6.46. The van der Waals surface area contributed by atoms with Crippen LogP contribution in [0.25, 0.3) is 0 Å². The number of aromatic nitrogens is 2. The fraction of sp³-hybridized carbons (Fsp3) is 0.500. The minimum absolute atomic E-state index is 0.168. The number of hydrogen-bond donors (Lipinski definition) is 1. The van der Waals surface area contributed by atoms with Crippen LogP contribution >= 0.6 is 11.6 Å². The number of nitrogens with one attached hydrogen (secondary N) is 1. The molecule has 0 unspecified atom stereocenters. The molecule has 1 heterocycles. The third-order valence-electron chi connectivity index (χ3n) is 2.35. The molecule has 100 valence electrons. The highest BCUT2D eigenvalue weighted by Crippen LogP contribution is 2.14. The van der Waals surface area contributed by atoms with Gasteiger partial charge in [0.1, 0.15) is 5.02 Å². The van der Waals surface area contributed by atoms with Gasteiger partial charge in [-0.05, 0) is 13.3 Å². The van der Waals surface area contributed by atoms with Crippen LogP contribution in [0.1, 0.15) is 13.3 Å². The van der Waals surface area contributed by atoms with E-state index < -0.39 is 0 Å². The molecule has 0 atom stereocenters. The molecular weight excluding hydrogens is 254 g/mol. The lowest BCUT2D eigenvalue weighted by Crippen LogP contribution is -2.26. The monoisotopic (exact) mass is 271 g/mol. The lowest BCUT2D eigenvalue weighted by Gasteiger charge is -2.09. The Labute approximate surface area is 111 Å². The van der Waals surface area contributed by atoms with Crippen LogP contribution in [0.2, 0.25) is 5.02 Å². The summed E-state index contributed by atoms with van der Waals surface area (Å²) in [5, 5.41) is 7.28. The largest absolute Gasteiger partial charge is 0.383 e. The Hall–Kier alpha value is -1.33. The van der Waals surface area contributed by atoms with Crippen molar-refractivity contribution >= 4 is 17.3 Å². The van der Waals surface area contributed by atoms with Crippen LogP contribution in [0.4, 0.5) is 5.69 Å². The normalized spacial score (nSPS) is 11.1. The van der Waals surface area contributed by atoms with Gasteiger partial charge >= 0.3 is 0 Å². The summed E-state index contributed by atoms with van der Waals surface area (Å²) in [5.74, 6) is 0. The molecule has 0 fully saturated rings. The van der Waals surface area contributed by atoms with Gasteiger partial charge in [-0.25, -0.2) is 4.68 Å². The molecule has 0 aromatic carbocycles. The van der Waals surface area contributed by atoms with E-state index in [2.05, 4.69) is 10.4 Å². The summed E-state index contributed by atoms with van der Waals surface area (Å²) in [6.45, 7) is 3.50. The van der Waals surface area contributed by atoms with Gasteiger partial charge in [-0.2, -0.15) is 5.10 Å². The molecular formula is C12H18ClN3O2. The second-order valence-corrected chi connectivity index (χ2v) is 4.06. The van der Waals surface area contributed by atoms with Crippen molar-refractivity contribution < 1.29 is 4.74 Å². The minimum Gasteiger partial charge on any atom is -0.383 e. The zero-order valence-electron chi connectivity index (χ0n) is 10.6. The third-order valence-corrected chi connectivity index (χ3v) is 2.72. The van der Waals surface area contributed by atoms with Crippen LogP contribution in [-0.4, -0.2) is 30.0 Å². The first-order valence-corrected chi connectivity index (χ1v) is 6.18. The molecule has 0 saturated carbocycles. The zero-order chi connectivity index (χ0) is 13.4. The fourth-order valence-electron chi connectivity index (χ4n) is 1.38. The Morgan fingerprint density at radius 3 is 3.06 bits per heavy atom. The van der Waals surface area contributed by atoms with E-state index in [1.54, 1.807) is 13.3 Å². The predicted molar refractivity (Wildman–Crippen MR) is 73.3 cm³/mol. The predicted octanol–water partition coefficient (Wildman–Crippen LogP) is 1.92. The highest BCUT2D eigenvalue weighted by molar-refractivity contribution is 6.32. The van der Waals surface area contributed by atoms with E-state index in [9.17, 15) is 4.79 Å². The molecule has 0 saturated heterocycles. The maximum absolute atomic E-state index is 11.8. The van der Waals surface area contributed by atoms with E-state index in [-0.39, 0.29) is 10.6 Å². The second kappa shape index (κ2) is 7.89. The number of nitrogens with zero attached hydrogens (tertiary/aromatic N) is 2. The first-order chi connectivity index (χ1) is 8.70. The average molecular weight is 272 g/mol. The third kappa shape index (κ3) is 4.16. The molecule has 6 heteroatoms. The molecule has 0 aliphatic heterocycles. The van der Waals surface area contributed by atoms with E-state index in [1.807, 2.05) is 19.1 Å². The molecule has 0 amide bonds. The summed E-state index contributed by atoms with van der Waals surface area (Å²) < 4.78 is 6.19. The second-order valence-electron chi connectivity index (χ2n) is 3.68. The lowest BCUT2D eigenvalue weighted by molar-refractivity contribution is 0.182. The van der Waals surface area contributed by atoms with Gasteiger partial charge in [0, 0.05) is 13.7 Å². The number of ether oxygens (including phenoxy) is 1. The summed E-state index contributed by atoms with van der Waals surface area (Å²) in [5.41, 5.74) is 0.268. The van der Waals surface area contributed by atoms with E-state index in [1.165, 1.54) is 4.68 Å². The Morgan fingerprint density at radius 2 is 2.39 bits per heavy atom. The molecule has 0 aliphatic carbocycles. The highest BCUT2D eigenvalue weighted by atomic mass is 35.5.